The van der Waals surface area contributed by atoms with E-state index in [4.69, 9.17) is 5.73 Å². The molecule has 0 saturated heterocycles. The zero-order chi connectivity index (χ0) is 19.2. The van der Waals surface area contributed by atoms with E-state index < -0.39 is 5.54 Å². The number of nitrogens with one attached hydrogen (secondary N) is 2. The summed E-state index contributed by atoms with van der Waals surface area (Å²) in [6, 6.07) is 0.274. The van der Waals surface area contributed by atoms with Gasteiger partial charge in [0.05, 0.1) is 11.8 Å². The van der Waals surface area contributed by atoms with Crippen LogP contribution in [0, 0.1) is 5.92 Å². The van der Waals surface area contributed by atoms with Crippen LogP contribution in [0.15, 0.2) is 12.4 Å². The highest BCUT2D eigenvalue weighted by Crippen LogP contribution is 2.18. The van der Waals surface area contributed by atoms with Crippen molar-refractivity contribution in [3.05, 3.63) is 18.0 Å². The minimum Gasteiger partial charge on any atom is -0.352 e. The third kappa shape index (κ3) is 7.50. The number of carbonyl (C=O) groups is 2. The van der Waals surface area contributed by atoms with Gasteiger partial charge in [0.1, 0.15) is 6.54 Å². The summed E-state index contributed by atoms with van der Waals surface area (Å²) in [5, 5.41) is 10.2. The Kier molecular flexibility index (Phi) is 9.26. The molecule has 1 saturated carbocycles. The molecule has 2 amide bonds. The second-order valence-corrected chi connectivity index (χ2v) is 8.15. The molecule has 8 heteroatoms. The van der Waals surface area contributed by atoms with Gasteiger partial charge in [-0.3, -0.25) is 14.3 Å². The maximum absolute atomic E-state index is 12.5. The largest absolute Gasteiger partial charge is 0.352 e. The Morgan fingerprint density at radius 2 is 2.00 bits per heavy atom. The summed E-state index contributed by atoms with van der Waals surface area (Å²) in [5.41, 5.74) is 5.84. The molecule has 1 atom stereocenters. The Balaban J connectivity index is 0.00000364. The first kappa shape index (κ1) is 23.4. The van der Waals surface area contributed by atoms with Crippen LogP contribution >= 0.6 is 12.4 Å². The lowest BCUT2D eigenvalue weighted by Gasteiger charge is -2.31. The monoisotopic (exact) mass is 399 g/mol. The molecule has 0 aromatic carbocycles. The first-order chi connectivity index (χ1) is 12.3. The second kappa shape index (κ2) is 10.7. The van der Waals surface area contributed by atoms with Crippen molar-refractivity contribution in [3.8, 4) is 0 Å². The van der Waals surface area contributed by atoms with Crippen LogP contribution in [0.25, 0.3) is 0 Å². The predicted molar refractivity (Wildman–Crippen MR) is 109 cm³/mol. The predicted octanol–water partition coefficient (Wildman–Crippen LogP) is 2.25. The van der Waals surface area contributed by atoms with E-state index >= 15 is 0 Å². The number of nitrogens with two attached hydrogens (primary N) is 1. The molecule has 1 heterocycles. The molecule has 1 aliphatic rings. The van der Waals surface area contributed by atoms with Crippen LogP contribution < -0.4 is 16.4 Å². The Morgan fingerprint density at radius 1 is 1.33 bits per heavy atom. The minimum absolute atomic E-state index is 0. The Morgan fingerprint density at radius 3 is 2.59 bits per heavy atom. The number of nitrogens with zero attached hydrogens (tertiary/aromatic N) is 2. The molecular formula is C19H34ClN5O2. The third-order valence-corrected chi connectivity index (χ3v) is 4.90. The Bertz CT molecular complexity index is 613. The van der Waals surface area contributed by atoms with Crippen LogP contribution in [0.2, 0.25) is 0 Å². The molecule has 4 N–H and O–H groups in total. The molecule has 7 nitrogen and oxygen atoms in total. The van der Waals surface area contributed by atoms with Gasteiger partial charge in [-0.05, 0) is 32.1 Å². The molecule has 0 bridgehead atoms. The van der Waals surface area contributed by atoms with Crippen LogP contribution in [0.5, 0.6) is 0 Å². The minimum atomic E-state index is -0.453. The fourth-order valence-electron chi connectivity index (χ4n) is 3.67. The highest BCUT2D eigenvalue weighted by Gasteiger charge is 2.27. The van der Waals surface area contributed by atoms with Gasteiger partial charge in [0.2, 0.25) is 5.91 Å². The van der Waals surface area contributed by atoms with Crippen molar-refractivity contribution in [1.29, 1.82) is 0 Å². The summed E-state index contributed by atoms with van der Waals surface area (Å²) >= 11 is 0. The Labute approximate surface area is 168 Å². The number of hydrogen-bond acceptors (Lipinski definition) is 4. The molecule has 27 heavy (non-hydrogen) atoms. The zero-order valence-corrected chi connectivity index (χ0v) is 17.5. The molecule has 154 valence electrons. The van der Waals surface area contributed by atoms with Crippen LogP contribution in [-0.4, -0.2) is 39.7 Å². The molecule has 1 aliphatic carbocycles. The van der Waals surface area contributed by atoms with Crippen molar-refractivity contribution in [2.45, 2.75) is 77.4 Å². The second-order valence-electron chi connectivity index (χ2n) is 8.15. The van der Waals surface area contributed by atoms with Gasteiger partial charge in [0.15, 0.2) is 0 Å². The van der Waals surface area contributed by atoms with Gasteiger partial charge in [0.25, 0.3) is 5.91 Å². The maximum Gasteiger partial charge on any atom is 0.254 e. The first-order valence-corrected chi connectivity index (χ1v) is 9.66. The summed E-state index contributed by atoms with van der Waals surface area (Å²) in [5.74, 6) is 0.158. The van der Waals surface area contributed by atoms with Crippen molar-refractivity contribution < 1.29 is 9.59 Å². The van der Waals surface area contributed by atoms with E-state index in [1.165, 1.54) is 30.1 Å². The number of carbonyl (C=O) groups excluding carboxylic acids is 2. The summed E-state index contributed by atoms with van der Waals surface area (Å²) in [4.78, 5) is 24.7. The van der Waals surface area contributed by atoms with Crippen molar-refractivity contribution in [2.24, 2.45) is 11.7 Å². The van der Waals surface area contributed by atoms with Crippen molar-refractivity contribution in [1.82, 2.24) is 20.4 Å². The van der Waals surface area contributed by atoms with Gasteiger partial charge in [-0.25, -0.2) is 0 Å². The number of rotatable bonds is 8. The van der Waals surface area contributed by atoms with Gasteiger partial charge in [-0.2, -0.15) is 5.10 Å². The number of hydrogen-bond donors (Lipinski definition) is 3. The first-order valence-electron chi connectivity index (χ1n) is 9.66. The van der Waals surface area contributed by atoms with Crippen molar-refractivity contribution in [2.75, 3.05) is 6.54 Å². The highest BCUT2D eigenvalue weighted by molar-refractivity contribution is 5.94. The number of aromatic nitrogens is 2. The molecule has 1 fully saturated rings. The number of amides is 2. The topological polar surface area (TPSA) is 102 Å². The van der Waals surface area contributed by atoms with E-state index in [9.17, 15) is 9.59 Å². The van der Waals surface area contributed by atoms with Crippen molar-refractivity contribution in [3.63, 3.8) is 0 Å². The van der Waals surface area contributed by atoms with E-state index in [0.717, 1.165) is 19.3 Å². The SMILES string of the molecule is CC(C)CC(C)(CN)NC(=O)c1cnn(CC(=O)NC2CCCCC2)c1.Cl. The van der Waals surface area contributed by atoms with Crippen LogP contribution in [-0.2, 0) is 11.3 Å². The molecular weight excluding hydrogens is 366 g/mol. The average Bonchev–Trinajstić information content (AvgIpc) is 3.03. The highest BCUT2D eigenvalue weighted by atomic mass is 35.5. The molecule has 1 unspecified atom stereocenters. The van der Waals surface area contributed by atoms with E-state index in [0.29, 0.717) is 18.0 Å². The molecule has 1 aromatic heterocycles. The van der Waals surface area contributed by atoms with Gasteiger partial charge in [0, 0.05) is 24.3 Å². The van der Waals surface area contributed by atoms with E-state index in [2.05, 4.69) is 29.6 Å². The van der Waals surface area contributed by atoms with Gasteiger partial charge in [-0.1, -0.05) is 33.1 Å². The maximum atomic E-state index is 12.5. The summed E-state index contributed by atoms with van der Waals surface area (Å²) in [6.45, 7) is 6.65. The van der Waals surface area contributed by atoms with E-state index in [1.807, 2.05) is 6.92 Å². The smallest absolute Gasteiger partial charge is 0.254 e. The van der Waals surface area contributed by atoms with Gasteiger partial charge in [-0.15, -0.1) is 12.4 Å². The lowest BCUT2D eigenvalue weighted by atomic mass is 9.90. The normalized spacial score (nSPS) is 17.1. The Hall–Kier alpha value is -1.60. The zero-order valence-electron chi connectivity index (χ0n) is 16.7. The van der Waals surface area contributed by atoms with Gasteiger partial charge < -0.3 is 16.4 Å². The van der Waals surface area contributed by atoms with Crippen molar-refractivity contribution >= 4 is 24.2 Å². The third-order valence-electron chi connectivity index (χ3n) is 4.90. The lowest BCUT2D eigenvalue weighted by molar-refractivity contribution is -0.122. The molecule has 0 spiro atoms. The number of halogens is 1. The molecule has 2 rings (SSSR count). The van der Waals surface area contributed by atoms with E-state index in [1.54, 1.807) is 6.20 Å². The fraction of sp³-hybridized carbons (Fsp3) is 0.737. The average molecular weight is 400 g/mol. The molecule has 1 aromatic rings. The fourth-order valence-corrected chi connectivity index (χ4v) is 3.67. The summed E-state index contributed by atoms with van der Waals surface area (Å²) in [7, 11) is 0. The standard InChI is InChI=1S/C19H33N5O2.ClH/c1-14(2)9-19(3,13-20)23-18(26)15-10-21-24(11-15)12-17(25)22-16-7-5-4-6-8-16;/h10-11,14,16H,4-9,12-13,20H2,1-3H3,(H,22,25)(H,23,26);1H. The quantitative estimate of drug-likeness (QED) is 0.623. The van der Waals surface area contributed by atoms with Crippen LogP contribution in [0.1, 0.15) is 69.7 Å². The molecule has 0 radical (unpaired) electrons. The summed E-state index contributed by atoms with van der Waals surface area (Å²) in [6.07, 6.45) is 9.60. The van der Waals surface area contributed by atoms with Gasteiger partial charge >= 0.3 is 0 Å². The summed E-state index contributed by atoms with van der Waals surface area (Å²) < 4.78 is 1.51. The van der Waals surface area contributed by atoms with Crippen LogP contribution in [0.4, 0.5) is 0 Å². The van der Waals surface area contributed by atoms with E-state index in [-0.39, 0.29) is 36.8 Å². The molecule has 0 aliphatic heterocycles. The lowest BCUT2D eigenvalue weighted by Crippen LogP contribution is -2.52. The van der Waals surface area contributed by atoms with Crippen LogP contribution in [0.3, 0.4) is 0 Å².